The second-order valence-electron chi connectivity index (χ2n) is 14.4. The van der Waals surface area contributed by atoms with Crippen molar-refractivity contribution in [3.05, 3.63) is 71.8 Å². The SMILES string of the molecule is CC[C@H](C)[C@H](NC(=O)[C@@H](CC1OC(C)(C)N(C(=O)OCc2ccccc2)[C@H]1CC(C)C)C(C)C)C(=O)N[C@@H](Cc1ccccc1)C(=O)OC. The van der Waals surface area contributed by atoms with Crippen LogP contribution in [-0.2, 0) is 41.6 Å². The average Bonchev–Trinajstić information content (AvgIpc) is 3.32. The number of amides is 3. The van der Waals surface area contributed by atoms with Gasteiger partial charge in [0.05, 0.1) is 19.3 Å². The molecule has 0 saturated carbocycles. The normalized spacial score (nSPS) is 19.5. The molecular formula is C39H57N3O7. The van der Waals surface area contributed by atoms with Gasteiger partial charge in [-0.2, -0.15) is 0 Å². The number of esters is 1. The lowest BCUT2D eigenvalue weighted by Crippen LogP contribution is -2.56. The molecule has 1 aliphatic heterocycles. The van der Waals surface area contributed by atoms with Crippen LogP contribution >= 0.6 is 0 Å². The summed E-state index contributed by atoms with van der Waals surface area (Å²) in [5.41, 5.74) is 0.798. The van der Waals surface area contributed by atoms with Gasteiger partial charge in [-0.3, -0.25) is 14.5 Å². The lowest BCUT2D eigenvalue weighted by atomic mass is 9.85. The number of benzene rings is 2. The molecule has 2 aromatic rings. The molecular weight excluding hydrogens is 622 g/mol. The van der Waals surface area contributed by atoms with E-state index in [0.717, 1.165) is 11.1 Å². The van der Waals surface area contributed by atoms with E-state index in [1.807, 2.05) is 102 Å². The highest BCUT2D eigenvalue weighted by atomic mass is 16.6. The third kappa shape index (κ3) is 11.0. The van der Waals surface area contributed by atoms with Gasteiger partial charge in [0.2, 0.25) is 11.8 Å². The number of rotatable bonds is 16. The van der Waals surface area contributed by atoms with Crippen molar-refractivity contribution in [2.24, 2.45) is 23.7 Å². The number of ether oxygens (including phenoxy) is 3. The number of carbonyl (C=O) groups is 4. The van der Waals surface area contributed by atoms with Crippen molar-refractivity contribution in [2.75, 3.05) is 7.11 Å². The van der Waals surface area contributed by atoms with Crippen molar-refractivity contribution >= 4 is 23.9 Å². The highest BCUT2D eigenvalue weighted by molar-refractivity contribution is 5.91. The largest absolute Gasteiger partial charge is 0.467 e. The molecule has 0 aromatic heterocycles. The first-order valence-corrected chi connectivity index (χ1v) is 17.6. The van der Waals surface area contributed by atoms with Crippen molar-refractivity contribution in [3.8, 4) is 0 Å². The summed E-state index contributed by atoms with van der Waals surface area (Å²) >= 11 is 0. The van der Waals surface area contributed by atoms with Gasteiger partial charge in [0.1, 0.15) is 24.4 Å². The van der Waals surface area contributed by atoms with Gasteiger partial charge in [-0.25, -0.2) is 9.59 Å². The van der Waals surface area contributed by atoms with Gasteiger partial charge in [-0.1, -0.05) is 109 Å². The molecule has 0 spiro atoms. The summed E-state index contributed by atoms with van der Waals surface area (Å²) < 4.78 is 17.3. The van der Waals surface area contributed by atoms with Crippen LogP contribution in [0.3, 0.4) is 0 Å². The first kappa shape index (κ1) is 39.5. The fraction of sp³-hybridized carbons (Fsp3) is 0.590. The van der Waals surface area contributed by atoms with E-state index in [9.17, 15) is 19.2 Å². The Morgan fingerprint density at radius 1 is 0.857 bits per heavy atom. The molecule has 10 nitrogen and oxygen atoms in total. The number of nitrogens with zero attached hydrogens (tertiary/aromatic N) is 1. The molecule has 1 saturated heterocycles. The van der Waals surface area contributed by atoms with Crippen LogP contribution in [0.2, 0.25) is 0 Å². The fourth-order valence-corrected chi connectivity index (χ4v) is 6.50. The third-order valence-corrected chi connectivity index (χ3v) is 9.40. The Kier molecular flexibility index (Phi) is 14.7. The van der Waals surface area contributed by atoms with E-state index in [-0.39, 0.29) is 42.7 Å². The second-order valence-corrected chi connectivity index (χ2v) is 14.4. The summed E-state index contributed by atoms with van der Waals surface area (Å²) in [6, 6.07) is 16.8. The zero-order chi connectivity index (χ0) is 36.3. The molecule has 2 N–H and O–H groups in total. The maximum Gasteiger partial charge on any atom is 0.412 e. The minimum atomic E-state index is -0.962. The molecule has 1 fully saturated rings. The van der Waals surface area contributed by atoms with Crippen molar-refractivity contribution in [1.29, 1.82) is 0 Å². The fourth-order valence-electron chi connectivity index (χ4n) is 6.50. The van der Waals surface area contributed by atoms with Crippen LogP contribution in [0.4, 0.5) is 4.79 Å². The average molecular weight is 680 g/mol. The number of carbonyl (C=O) groups excluding carboxylic acids is 4. The molecule has 2 aromatic carbocycles. The number of hydrogen-bond acceptors (Lipinski definition) is 7. The molecule has 10 heteroatoms. The molecule has 1 heterocycles. The number of methoxy groups -OCH3 is 1. The first-order chi connectivity index (χ1) is 23.2. The number of hydrogen-bond donors (Lipinski definition) is 2. The molecule has 270 valence electrons. The Labute approximate surface area is 292 Å². The minimum Gasteiger partial charge on any atom is -0.467 e. The van der Waals surface area contributed by atoms with E-state index < -0.39 is 47.8 Å². The van der Waals surface area contributed by atoms with Gasteiger partial charge < -0.3 is 24.8 Å². The molecule has 1 unspecified atom stereocenters. The number of nitrogens with one attached hydrogen (secondary N) is 2. The van der Waals surface area contributed by atoms with Gasteiger partial charge in [-0.15, -0.1) is 0 Å². The van der Waals surface area contributed by atoms with E-state index in [1.54, 1.807) is 4.90 Å². The predicted octanol–water partition coefficient (Wildman–Crippen LogP) is 6.27. The topological polar surface area (TPSA) is 123 Å². The van der Waals surface area contributed by atoms with E-state index in [1.165, 1.54) is 7.11 Å². The zero-order valence-electron chi connectivity index (χ0n) is 30.7. The highest BCUT2D eigenvalue weighted by Gasteiger charge is 2.51. The highest BCUT2D eigenvalue weighted by Crippen LogP contribution is 2.39. The quantitative estimate of drug-likeness (QED) is 0.201. The van der Waals surface area contributed by atoms with Gasteiger partial charge in [0.25, 0.3) is 0 Å². The molecule has 0 bridgehead atoms. The summed E-state index contributed by atoms with van der Waals surface area (Å²) in [7, 11) is 1.29. The summed E-state index contributed by atoms with van der Waals surface area (Å²) in [5, 5.41) is 5.88. The second kappa shape index (κ2) is 18.2. The van der Waals surface area contributed by atoms with Crippen molar-refractivity contribution in [1.82, 2.24) is 15.5 Å². The Morgan fingerprint density at radius 3 is 1.98 bits per heavy atom. The van der Waals surface area contributed by atoms with E-state index >= 15 is 0 Å². The third-order valence-electron chi connectivity index (χ3n) is 9.40. The molecule has 0 radical (unpaired) electrons. The predicted molar refractivity (Wildman–Crippen MR) is 189 cm³/mol. The molecule has 6 atom stereocenters. The smallest absolute Gasteiger partial charge is 0.412 e. The van der Waals surface area contributed by atoms with Crippen LogP contribution in [0.25, 0.3) is 0 Å². The lowest BCUT2D eigenvalue weighted by molar-refractivity contribution is -0.145. The van der Waals surface area contributed by atoms with Crippen LogP contribution in [0.15, 0.2) is 60.7 Å². The minimum absolute atomic E-state index is 0.0907. The van der Waals surface area contributed by atoms with Crippen molar-refractivity contribution in [2.45, 2.75) is 118 Å². The maximum absolute atomic E-state index is 14.1. The Morgan fingerprint density at radius 2 is 1.45 bits per heavy atom. The maximum atomic E-state index is 14.1. The summed E-state index contributed by atoms with van der Waals surface area (Å²) in [5.74, 6) is -1.85. The van der Waals surface area contributed by atoms with Gasteiger partial charge in [-0.05, 0) is 55.6 Å². The van der Waals surface area contributed by atoms with E-state index in [2.05, 4.69) is 24.5 Å². The standard InChI is InChI=1S/C39H57N3O7/c1-10-27(6)34(36(44)40-31(37(45)47-9)22-28-17-13-11-14-18-28)41-35(43)30(26(4)5)23-33-32(21-25(2)3)42(39(7,8)49-33)38(46)48-24-29-19-15-12-16-20-29/h11-20,25-27,30-34H,10,21-24H2,1-9H3,(H,40,44)(H,41,43)/t27-,30-,31-,32-,33?,34-/m0/s1. The molecule has 1 aliphatic rings. The molecule has 49 heavy (non-hydrogen) atoms. The Bertz CT molecular complexity index is 1370. The van der Waals surface area contributed by atoms with Crippen LogP contribution in [-0.4, -0.2) is 65.8 Å². The first-order valence-electron chi connectivity index (χ1n) is 17.6. The van der Waals surface area contributed by atoms with Crippen molar-refractivity contribution in [3.63, 3.8) is 0 Å². The van der Waals surface area contributed by atoms with Crippen LogP contribution in [0, 0.1) is 23.7 Å². The van der Waals surface area contributed by atoms with Crippen LogP contribution < -0.4 is 10.6 Å². The summed E-state index contributed by atoms with van der Waals surface area (Å²) in [4.78, 5) is 55.8. The Balaban J connectivity index is 1.80. The van der Waals surface area contributed by atoms with Crippen LogP contribution in [0.5, 0.6) is 0 Å². The van der Waals surface area contributed by atoms with Crippen LogP contribution in [0.1, 0.15) is 85.8 Å². The molecule has 3 rings (SSSR count). The van der Waals surface area contributed by atoms with Crippen molar-refractivity contribution < 1.29 is 33.4 Å². The summed E-state index contributed by atoms with van der Waals surface area (Å²) in [6.07, 6.45) is 0.992. The lowest BCUT2D eigenvalue weighted by Gasteiger charge is -2.34. The molecule has 3 amide bonds. The summed E-state index contributed by atoms with van der Waals surface area (Å²) in [6.45, 7) is 15.8. The monoisotopic (exact) mass is 679 g/mol. The zero-order valence-corrected chi connectivity index (χ0v) is 30.7. The Hall–Kier alpha value is -3.92. The van der Waals surface area contributed by atoms with Gasteiger partial charge in [0, 0.05) is 12.3 Å². The van der Waals surface area contributed by atoms with Gasteiger partial charge in [0.15, 0.2) is 0 Å². The van der Waals surface area contributed by atoms with Gasteiger partial charge >= 0.3 is 12.1 Å². The van der Waals surface area contributed by atoms with E-state index in [4.69, 9.17) is 14.2 Å². The molecule has 0 aliphatic carbocycles. The van der Waals surface area contributed by atoms with E-state index in [0.29, 0.717) is 19.3 Å².